The lowest BCUT2D eigenvalue weighted by Crippen LogP contribution is -1.99. The van der Waals surface area contributed by atoms with Gasteiger partial charge in [0.2, 0.25) is 0 Å². The third kappa shape index (κ3) is 2.21. The molecular weight excluding hydrogens is 244 g/mol. The summed E-state index contributed by atoms with van der Waals surface area (Å²) >= 11 is 0. The van der Waals surface area contributed by atoms with Crippen molar-refractivity contribution in [1.82, 2.24) is 20.6 Å². The number of hydrogen-bond acceptors (Lipinski definition) is 6. The third-order valence-corrected chi connectivity index (χ3v) is 2.63. The molecule has 0 spiro atoms. The van der Waals surface area contributed by atoms with E-state index in [-0.39, 0.29) is 11.7 Å². The molecule has 0 fully saturated rings. The van der Waals surface area contributed by atoms with Gasteiger partial charge in [-0.25, -0.2) is 5.43 Å². The zero-order valence-corrected chi connectivity index (χ0v) is 9.74. The number of rotatable bonds is 3. The molecule has 2 N–H and O–H groups in total. The summed E-state index contributed by atoms with van der Waals surface area (Å²) in [5, 5.41) is 30.7. The smallest absolute Gasteiger partial charge is 0.283 e. The number of benzene rings is 2. The van der Waals surface area contributed by atoms with Crippen LogP contribution in [0.2, 0.25) is 0 Å². The Morgan fingerprint density at radius 2 is 2.11 bits per heavy atom. The number of aromatic nitrogens is 4. The molecular formula is C12H9N6O-. The third-order valence-electron chi connectivity index (χ3n) is 2.63. The first-order chi connectivity index (χ1) is 9.34. The first-order valence-electron chi connectivity index (χ1n) is 5.56. The Morgan fingerprint density at radius 1 is 1.21 bits per heavy atom. The van der Waals surface area contributed by atoms with Gasteiger partial charge in [0.1, 0.15) is 0 Å². The molecule has 7 nitrogen and oxygen atoms in total. The van der Waals surface area contributed by atoms with Crippen molar-refractivity contribution < 1.29 is 5.11 Å². The molecule has 0 aliphatic heterocycles. The zero-order valence-electron chi connectivity index (χ0n) is 9.74. The average Bonchev–Trinajstić information content (AvgIpc) is 2.94. The quantitative estimate of drug-likeness (QED) is 0.532. The van der Waals surface area contributed by atoms with Crippen molar-refractivity contribution in [3.63, 3.8) is 0 Å². The van der Waals surface area contributed by atoms with Crippen LogP contribution < -0.4 is 10.5 Å². The lowest BCUT2D eigenvalue weighted by Gasteiger charge is -2.12. The summed E-state index contributed by atoms with van der Waals surface area (Å²) < 4.78 is 0. The van der Waals surface area contributed by atoms with E-state index in [4.69, 9.17) is 0 Å². The molecule has 0 bridgehead atoms. The van der Waals surface area contributed by atoms with Crippen molar-refractivity contribution in [1.29, 1.82) is 0 Å². The molecule has 1 heterocycles. The van der Waals surface area contributed by atoms with E-state index in [1.807, 2.05) is 24.3 Å². The molecule has 0 saturated carbocycles. The van der Waals surface area contributed by atoms with E-state index in [1.54, 1.807) is 6.07 Å². The highest BCUT2D eigenvalue weighted by Gasteiger charge is 1.99. The van der Waals surface area contributed by atoms with Gasteiger partial charge >= 0.3 is 0 Å². The minimum Gasteiger partial charge on any atom is -0.872 e. The molecule has 0 aliphatic carbocycles. The van der Waals surface area contributed by atoms with Crippen LogP contribution in [0.4, 0.5) is 5.95 Å². The fourth-order valence-electron chi connectivity index (χ4n) is 1.77. The number of tetrazole rings is 1. The van der Waals surface area contributed by atoms with E-state index in [0.29, 0.717) is 5.56 Å². The number of nitrogens with zero attached hydrogens (tertiary/aromatic N) is 4. The summed E-state index contributed by atoms with van der Waals surface area (Å²) in [5.74, 6) is 0.154. The van der Waals surface area contributed by atoms with Crippen LogP contribution in [0.3, 0.4) is 0 Å². The first kappa shape index (κ1) is 11.1. The van der Waals surface area contributed by atoms with Crippen LogP contribution in [0.25, 0.3) is 10.8 Å². The molecule has 0 amide bonds. The Hall–Kier alpha value is -2.96. The largest absolute Gasteiger partial charge is 0.872 e. The van der Waals surface area contributed by atoms with Gasteiger partial charge in [-0.05, 0) is 21.5 Å². The van der Waals surface area contributed by atoms with Gasteiger partial charge in [0.15, 0.2) is 0 Å². The molecule has 7 heteroatoms. The van der Waals surface area contributed by atoms with Gasteiger partial charge in [-0.15, -0.1) is 5.10 Å². The highest BCUT2D eigenvalue weighted by Crippen LogP contribution is 2.23. The highest BCUT2D eigenvalue weighted by atomic mass is 16.3. The van der Waals surface area contributed by atoms with Crippen molar-refractivity contribution >= 4 is 22.9 Å². The van der Waals surface area contributed by atoms with E-state index >= 15 is 0 Å². The molecule has 1 aromatic heterocycles. The van der Waals surface area contributed by atoms with Crippen LogP contribution >= 0.6 is 0 Å². The molecule has 0 unspecified atom stereocenters. The Morgan fingerprint density at radius 3 is 2.95 bits per heavy atom. The van der Waals surface area contributed by atoms with Crippen molar-refractivity contribution in [3.8, 4) is 5.75 Å². The lowest BCUT2D eigenvalue weighted by molar-refractivity contribution is -0.268. The molecule has 0 radical (unpaired) electrons. The number of hydrogen-bond donors (Lipinski definition) is 2. The first-order valence-corrected chi connectivity index (χ1v) is 5.56. The number of anilines is 1. The second kappa shape index (κ2) is 4.73. The Bertz CT molecular complexity index is 722. The van der Waals surface area contributed by atoms with Crippen LogP contribution in [0.15, 0.2) is 41.5 Å². The summed E-state index contributed by atoms with van der Waals surface area (Å²) in [6, 6.07) is 10.9. The molecule has 94 valence electrons. The van der Waals surface area contributed by atoms with Crippen LogP contribution in [0, 0.1) is 0 Å². The number of hydrazone groups is 1. The van der Waals surface area contributed by atoms with Gasteiger partial charge < -0.3 is 5.11 Å². The second-order valence-electron chi connectivity index (χ2n) is 3.80. The summed E-state index contributed by atoms with van der Waals surface area (Å²) in [6.07, 6.45) is 1.46. The SMILES string of the molecule is [O-]c1ccc2ccccc2c1/C=N\Nc1nn[nH]n1. The van der Waals surface area contributed by atoms with Crippen molar-refractivity contribution in [3.05, 3.63) is 42.0 Å². The second-order valence-corrected chi connectivity index (χ2v) is 3.80. The minimum absolute atomic E-state index is 0.0858. The molecule has 2 aromatic carbocycles. The van der Waals surface area contributed by atoms with Crippen LogP contribution in [-0.4, -0.2) is 26.8 Å². The maximum atomic E-state index is 11.9. The van der Waals surface area contributed by atoms with Crippen molar-refractivity contribution in [2.45, 2.75) is 0 Å². The highest BCUT2D eigenvalue weighted by molar-refractivity contribution is 6.02. The number of aromatic amines is 1. The maximum Gasteiger partial charge on any atom is 0.283 e. The zero-order chi connectivity index (χ0) is 13.1. The van der Waals surface area contributed by atoms with Crippen LogP contribution in [0.5, 0.6) is 5.75 Å². The molecule has 0 atom stereocenters. The number of H-pyrrole nitrogens is 1. The predicted octanol–water partition coefficient (Wildman–Crippen LogP) is 0.872. The van der Waals surface area contributed by atoms with E-state index in [0.717, 1.165) is 10.8 Å². The lowest BCUT2D eigenvalue weighted by atomic mass is 10.0. The molecule has 3 aromatic rings. The predicted molar refractivity (Wildman–Crippen MR) is 68.8 cm³/mol. The van der Waals surface area contributed by atoms with E-state index in [9.17, 15) is 5.11 Å². The van der Waals surface area contributed by atoms with Gasteiger partial charge in [-0.1, -0.05) is 47.2 Å². The fraction of sp³-hybridized carbons (Fsp3) is 0. The Kier molecular flexibility index (Phi) is 2.77. The van der Waals surface area contributed by atoms with Crippen molar-refractivity contribution in [2.75, 3.05) is 5.43 Å². The average molecular weight is 253 g/mol. The standard InChI is InChI=1S/C12H10N6O/c19-11-6-5-8-3-1-2-4-9(8)10(11)7-13-14-12-15-17-18-16-12/h1-7,19H,(H2,14,15,16,17,18)/p-1/b13-7-. The monoisotopic (exact) mass is 253 g/mol. The molecule has 3 rings (SSSR count). The summed E-state index contributed by atoms with van der Waals surface area (Å²) in [5.41, 5.74) is 3.10. The molecule has 0 aliphatic rings. The topological polar surface area (TPSA) is 102 Å². The summed E-state index contributed by atoms with van der Waals surface area (Å²) in [6.45, 7) is 0. The maximum absolute atomic E-state index is 11.9. The van der Waals surface area contributed by atoms with Crippen LogP contribution in [0.1, 0.15) is 5.56 Å². The van der Waals surface area contributed by atoms with Gasteiger partial charge in [0.25, 0.3) is 5.95 Å². The Labute approximate surface area is 108 Å². The summed E-state index contributed by atoms with van der Waals surface area (Å²) in [7, 11) is 0. The van der Waals surface area contributed by atoms with Gasteiger partial charge in [-0.3, -0.25) is 0 Å². The number of nitrogens with one attached hydrogen (secondary N) is 2. The van der Waals surface area contributed by atoms with Gasteiger partial charge in [0, 0.05) is 0 Å². The van der Waals surface area contributed by atoms with Gasteiger partial charge in [0.05, 0.1) is 6.21 Å². The fourth-order valence-corrected chi connectivity index (χ4v) is 1.77. The normalized spacial score (nSPS) is 11.2. The molecule has 0 saturated heterocycles. The van der Waals surface area contributed by atoms with Crippen molar-refractivity contribution in [2.24, 2.45) is 5.10 Å². The minimum atomic E-state index is -0.0858. The van der Waals surface area contributed by atoms with E-state index in [1.165, 1.54) is 12.3 Å². The number of fused-ring (bicyclic) bond motifs is 1. The molecule has 19 heavy (non-hydrogen) atoms. The summed E-state index contributed by atoms with van der Waals surface area (Å²) in [4.78, 5) is 0. The van der Waals surface area contributed by atoms with Gasteiger partial charge in [-0.2, -0.15) is 10.3 Å². The Balaban J connectivity index is 1.95. The van der Waals surface area contributed by atoms with Crippen LogP contribution in [-0.2, 0) is 0 Å². The van der Waals surface area contributed by atoms with E-state index < -0.39 is 0 Å². The van der Waals surface area contributed by atoms with E-state index in [2.05, 4.69) is 31.2 Å².